The van der Waals surface area contributed by atoms with Crippen LogP contribution in [0.25, 0.3) is 11.2 Å². The number of carbonyl (C=O) groups excluding carboxylic acids is 1. The predicted octanol–water partition coefficient (Wildman–Crippen LogP) is 5.32. The third kappa shape index (κ3) is 6.80. The van der Waals surface area contributed by atoms with Crippen LogP contribution in [0.2, 0.25) is 0 Å². The van der Waals surface area contributed by atoms with Gasteiger partial charge in [-0.2, -0.15) is 5.10 Å². The van der Waals surface area contributed by atoms with Crippen LogP contribution in [0, 0.1) is 0 Å². The lowest BCUT2D eigenvalue weighted by atomic mass is 10.1. The normalized spacial score (nSPS) is 12.4. The van der Waals surface area contributed by atoms with Crippen molar-refractivity contribution in [3.63, 3.8) is 0 Å². The van der Waals surface area contributed by atoms with Gasteiger partial charge < -0.3 is 14.2 Å². The summed E-state index contributed by atoms with van der Waals surface area (Å²) in [7, 11) is 0. The van der Waals surface area contributed by atoms with E-state index in [4.69, 9.17) is 19.6 Å². The van der Waals surface area contributed by atoms with Crippen molar-refractivity contribution in [1.29, 1.82) is 0 Å². The quantitative estimate of drug-likeness (QED) is 0.409. The number of fused-ring (bicyclic) bond motifs is 1. The average molecular weight is 443 g/mol. The number of ether oxygens (including phenoxy) is 1. The number of esters is 1. The van der Waals surface area contributed by atoms with Crippen LogP contribution in [0.15, 0.2) is 36.7 Å². The van der Waals surface area contributed by atoms with Gasteiger partial charge in [-0.1, -0.05) is 39.8 Å². The van der Waals surface area contributed by atoms with Crippen LogP contribution >= 0.6 is 0 Å². The van der Waals surface area contributed by atoms with Gasteiger partial charge in [-0.25, -0.2) is 9.78 Å². The molecule has 0 amide bonds. The fraction of sp³-hybridized carbons (Fsp3) is 0.417. The number of H-pyrrole nitrogens is 1. The summed E-state index contributed by atoms with van der Waals surface area (Å²) in [5.74, 6) is 0.302. The number of aromatic amines is 1. The Morgan fingerprint density at radius 3 is 2.44 bits per heavy atom. The lowest BCUT2D eigenvalue weighted by Crippen LogP contribution is -2.04. The number of nitrogens with zero attached hydrogens (tertiary/aromatic N) is 3. The Balaban J connectivity index is 0.000000662. The van der Waals surface area contributed by atoms with Crippen molar-refractivity contribution < 1.29 is 19.4 Å². The highest BCUT2D eigenvalue weighted by molar-refractivity contribution is 5.89. The average Bonchev–Trinajstić information content (AvgIpc) is 3.41. The van der Waals surface area contributed by atoms with E-state index in [1.54, 1.807) is 13.0 Å². The van der Waals surface area contributed by atoms with Crippen molar-refractivity contribution in [2.75, 3.05) is 6.61 Å². The molecule has 0 saturated heterocycles. The summed E-state index contributed by atoms with van der Waals surface area (Å²) < 4.78 is 7.06. The molecule has 0 unspecified atom stereocenters. The van der Waals surface area contributed by atoms with Crippen LogP contribution in [-0.2, 0) is 9.53 Å². The number of nitrogens with one attached hydrogen (secondary N) is 1. The number of hydrogen-bond acceptors (Lipinski definition) is 5. The zero-order valence-corrected chi connectivity index (χ0v) is 19.8. The van der Waals surface area contributed by atoms with E-state index in [-0.39, 0.29) is 6.47 Å². The lowest BCUT2D eigenvalue weighted by Gasteiger charge is -1.98. The molecule has 3 heterocycles. The molecule has 1 aliphatic carbocycles. The van der Waals surface area contributed by atoms with E-state index in [1.807, 2.05) is 46.9 Å². The van der Waals surface area contributed by atoms with E-state index in [1.165, 1.54) is 18.4 Å². The van der Waals surface area contributed by atoms with Crippen molar-refractivity contribution in [2.24, 2.45) is 0 Å². The molecule has 8 nitrogen and oxygen atoms in total. The SMILES string of the molecule is C/C=C(\c1cc(C(=O)OCC)[nH]n1)c1cn2cc(C3CC3)ccc2n1.CC.CC.O=CO. The molecule has 0 radical (unpaired) electrons. The minimum Gasteiger partial charge on any atom is -0.483 e. The summed E-state index contributed by atoms with van der Waals surface area (Å²) in [5, 5.41) is 13.9. The summed E-state index contributed by atoms with van der Waals surface area (Å²) >= 11 is 0. The van der Waals surface area contributed by atoms with E-state index in [9.17, 15) is 4.79 Å². The Bertz CT molecular complexity index is 1020. The second-order valence-electron chi connectivity index (χ2n) is 6.32. The molecule has 1 aliphatic rings. The summed E-state index contributed by atoms with van der Waals surface area (Å²) in [5.41, 5.74) is 5.00. The highest BCUT2D eigenvalue weighted by Crippen LogP contribution is 2.40. The number of aromatic nitrogens is 4. The van der Waals surface area contributed by atoms with Gasteiger partial charge in [-0.05, 0) is 50.3 Å². The first kappa shape index (κ1) is 26.6. The largest absolute Gasteiger partial charge is 0.483 e. The molecule has 0 spiro atoms. The standard InChI is InChI=1S/C19H20N4O2.2C2H6.CH2O2/c1-3-14(15-9-16(22-21-15)19(24)25-4-2)17-11-23-10-13(12-5-6-12)7-8-18(23)20-17;2*1-2;2-1-3/h3,7-12H,4-6H2,1-2H3,(H,21,22);2*1-2H3;1H,(H,2,3)/b14-3+;;;. The first-order valence-corrected chi connectivity index (χ1v) is 11.1. The molecule has 1 fully saturated rings. The van der Waals surface area contributed by atoms with Crippen LogP contribution < -0.4 is 0 Å². The summed E-state index contributed by atoms with van der Waals surface area (Å²) in [6.07, 6.45) is 8.67. The van der Waals surface area contributed by atoms with E-state index < -0.39 is 5.97 Å². The molecule has 32 heavy (non-hydrogen) atoms. The van der Waals surface area contributed by atoms with E-state index in [0.29, 0.717) is 23.9 Å². The van der Waals surface area contributed by atoms with E-state index in [2.05, 4.69) is 32.9 Å². The number of carboxylic acid groups (broad SMARTS) is 1. The molecular formula is C24H34N4O4. The lowest BCUT2D eigenvalue weighted by molar-refractivity contribution is -0.122. The smallest absolute Gasteiger partial charge is 0.356 e. The van der Waals surface area contributed by atoms with Gasteiger partial charge in [-0.15, -0.1) is 0 Å². The first-order chi connectivity index (χ1) is 15.6. The Kier molecular flexibility index (Phi) is 11.5. The maximum Gasteiger partial charge on any atom is 0.356 e. The molecule has 2 N–H and O–H groups in total. The number of rotatable bonds is 5. The van der Waals surface area contributed by atoms with Crippen LogP contribution in [-0.4, -0.2) is 43.7 Å². The Labute approximate surface area is 189 Å². The van der Waals surface area contributed by atoms with Crippen molar-refractivity contribution in [1.82, 2.24) is 19.6 Å². The molecule has 8 heteroatoms. The van der Waals surface area contributed by atoms with Gasteiger partial charge in [0.05, 0.1) is 18.0 Å². The zero-order valence-electron chi connectivity index (χ0n) is 19.8. The molecule has 0 bridgehead atoms. The molecule has 0 aliphatic heterocycles. The molecule has 174 valence electrons. The van der Waals surface area contributed by atoms with Gasteiger partial charge in [0, 0.05) is 18.0 Å². The number of hydrogen-bond donors (Lipinski definition) is 2. The molecule has 3 aromatic heterocycles. The number of carbonyl (C=O) groups is 2. The molecule has 0 atom stereocenters. The highest BCUT2D eigenvalue weighted by Gasteiger charge is 2.24. The minimum absolute atomic E-state index is 0.250. The van der Waals surface area contributed by atoms with Crippen molar-refractivity contribution in [3.05, 3.63) is 59.3 Å². The van der Waals surface area contributed by atoms with Crippen LogP contribution in [0.3, 0.4) is 0 Å². The fourth-order valence-electron chi connectivity index (χ4n) is 3.00. The molecule has 4 rings (SSSR count). The molecule has 3 aromatic rings. The number of imidazole rings is 1. The van der Waals surface area contributed by atoms with Crippen molar-refractivity contribution >= 4 is 23.7 Å². The van der Waals surface area contributed by atoms with Gasteiger partial charge in [0.2, 0.25) is 0 Å². The molecule has 0 aromatic carbocycles. The summed E-state index contributed by atoms with van der Waals surface area (Å²) in [6, 6.07) is 5.92. The summed E-state index contributed by atoms with van der Waals surface area (Å²) in [4.78, 5) is 24.9. The summed E-state index contributed by atoms with van der Waals surface area (Å²) in [6.45, 7) is 11.8. The second-order valence-corrected chi connectivity index (χ2v) is 6.32. The number of pyridine rings is 1. The van der Waals surface area contributed by atoms with E-state index in [0.717, 1.165) is 16.9 Å². The predicted molar refractivity (Wildman–Crippen MR) is 126 cm³/mol. The Morgan fingerprint density at radius 2 is 1.88 bits per heavy atom. The van der Waals surface area contributed by atoms with Gasteiger partial charge in [0.1, 0.15) is 11.3 Å². The first-order valence-electron chi connectivity index (χ1n) is 11.1. The van der Waals surface area contributed by atoms with Crippen LogP contribution in [0.5, 0.6) is 0 Å². The topological polar surface area (TPSA) is 110 Å². The van der Waals surface area contributed by atoms with Crippen molar-refractivity contribution in [3.8, 4) is 0 Å². The van der Waals surface area contributed by atoms with Crippen LogP contribution in [0.4, 0.5) is 0 Å². The molecular weight excluding hydrogens is 408 g/mol. The van der Waals surface area contributed by atoms with Gasteiger partial charge in [0.25, 0.3) is 6.47 Å². The van der Waals surface area contributed by atoms with Crippen LogP contribution in [0.1, 0.15) is 87.7 Å². The Hall–Kier alpha value is -3.42. The zero-order chi connectivity index (χ0) is 24.1. The van der Waals surface area contributed by atoms with Gasteiger partial charge in [0.15, 0.2) is 0 Å². The Morgan fingerprint density at radius 1 is 1.22 bits per heavy atom. The second kappa shape index (κ2) is 13.8. The van der Waals surface area contributed by atoms with Gasteiger partial charge >= 0.3 is 5.97 Å². The monoisotopic (exact) mass is 442 g/mol. The fourth-order valence-corrected chi connectivity index (χ4v) is 3.00. The maximum atomic E-state index is 11.8. The maximum absolute atomic E-state index is 11.8. The third-order valence-corrected chi connectivity index (χ3v) is 4.44. The number of allylic oxidation sites excluding steroid dienone is 1. The highest BCUT2D eigenvalue weighted by atomic mass is 16.5. The van der Waals surface area contributed by atoms with E-state index >= 15 is 0 Å². The van der Waals surface area contributed by atoms with Crippen molar-refractivity contribution in [2.45, 2.75) is 60.3 Å². The van der Waals surface area contributed by atoms with Gasteiger partial charge in [-0.3, -0.25) is 9.89 Å². The minimum atomic E-state index is -0.402. The molecule has 1 saturated carbocycles. The third-order valence-electron chi connectivity index (χ3n) is 4.44.